The predicted molar refractivity (Wildman–Crippen MR) is 52.4 cm³/mol. The fourth-order valence-corrected chi connectivity index (χ4v) is 1.70. The van der Waals surface area contributed by atoms with Gasteiger partial charge in [0.05, 0.1) is 5.69 Å². The quantitative estimate of drug-likeness (QED) is 0.461. The van der Waals surface area contributed by atoms with Crippen molar-refractivity contribution in [3.8, 4) is 5.75 Å². The predicted octanol–water partition coefficient (Wildman–Crippen LogP) is 4.20. The van der Waals surface area contributed by atoms with Gasteiger partial charge in [-0.05, 0) is 11.6 Å². The summed E-state index contributed by atoms with van der Waals surface area (Å²) < 4.78 is 113. The summed E-state index contributed by atoms with van der Waals surface area (Å²) in [5.74, 6) is -6.27. The first-order valence-electron chi connectivity index (χ1n) is 4.99. The van der Waals surface area contributed by atoms with Gasteiger partial charge in [0.1, 0.15) is 5.56 Å². The fraction of sp³-hybridized carbons (Fsp3) is 0.400. The van der Waals surface area contributed by atoms with Gasteiger partial charge < -0.3 is 10.8 Å². The molecule has 0 aliphatic carbocycles. The minimum Gasteiger partial charge on any atom is -0.505 e. The standard InChI is InChI=1S/C10H6F9NO/c11-8(12,13)5-3(1-2-4(20)6(5)21)7(9(14,15)16)10(17,18)19/h1-2,7,21H,20H2. The van der Waals surface area contributed by atoms with E-state index in [0.717, 1.165) is 0 Å². The molecule has 21 heavy (non-hydrogen) atoms. The van der Waals surface area contributed by atoms with Crippen molar-refractivity contribution in [2.75, 3.05) is 5.73 Å². The average Bonchev–Trinajstić information content (AvgIpc) is 2.17. The lowest BCUT2D eigenvalue weighted by Crippen LogP contribution is -2.35. The fourth-order valence-electron chi connectivity index (χ4n) is 1.70. The highest BCUT2D eigenvalue weighted by Gasteiger charge is 2.60. The smallest absolute Gasteiger partial charge is 0.420 e. The summed E-state index contributed by atoms with van der Waals surface area (Å²) in [4.78, 5) is 0. The van der Waals surface area contributed by atoms with E-state index in [2.05, 4.69) is 0 Å². The van der Waals surface area contributed by atoms with Gasteiger partial charge in [0, 0.05) is 0 Å². The topological polar surface area (TPSA) is 46.2 Å². The summed E-state index contributed by atoms with van der Waals surface area (Å²) in [6.07, 6.45) is -17.7. The summed E-state index contributed by atoms with van der Waals surface area (Å²) >= 11 is 0. The van der Waals surface area contributed by atoms with Gasteiger partial charge in [-0.25, -0.2) is 0 Å². The Balaban J connectivity index is 3.73. The number of aromatic hydroxyl groups is 1. The molecule has 0 aliphatic rings. The van der Waals surface area contributed by atoms with Crippen LogP contribution in [-0.2, 0) is 6.18 Å². The van der Waals surface area contributed by atoms with Crippen LogP contribution in [0.2, 0.25) is 0 Å². The Bertz CT molecular complexity index is 515. The number of nitrogens with two attached hydrogens (primary N) is 1. The highest BCUT2D eigenvalue weighted by atomic mass is 19.4. The van der Waals surface area contributed by atoms with Crippen molar-refractivity contribution in [1.82, 2.24) is 0 Å². The first-order valence-corrected chi connectivity index (χ1v) is 4.99. The van der Waals surface area contributed by atoms with E-state index < -0.39 is 47.0 Å². The maximum Gasteiger partial charge on any atom is 0.420 e. The molecule has 0 fully saturated rings. The second kappa shape index (κ2) is 4.88. The minimum atomic E-state index is -6.03. The third kappa shape index (κ3) is 3.45. The molecule has 11 heteroatoms. The van der Waals surface area contributed by atoms with Crippen molar-refractivity contribution >= 4 is 5.69 Å². The Morgan fingerprint density at radius 1 is 0.857 bits per heavy atom. The third-order valence-corrected chi connectivity index (χ3v) is 2.49. The number of benzene rings is 1. The number of halogens is 9. The molecule has 0 aromatic heterocycles. The molecule has 0 radical (unpaired) electrons. The van der Waals surface area contributed by atoms with Gasteiger partial charge in [-0.2, -0.15) is 39.5 Å². The molecule has 3 N–H and O–H groups in total. The first kappa shape index (κ1) is 17.2. The van der Waals surface area contributed by atoms with Gasteiger partial charge in [-0.15, -0.1) is 0 Å². The summed E-state index contributed by atoms with van der Waals surface area (Å²) in [7, 11) is 0. The van der Waals surface area contributed by atoms with Crippen LogP contribution in [0.25, 0.3) is 0 Å². The Morgan fingerprint density at radius 3 is 1.62 bits per heavy atom. The van der Waals surface area contributed by atoms with Gasteiger partial charge in [0.25, 0.3) is 0 Å². The van der Waals surface area contributed by atoms with Crippen molar-refractivity contribution in [2.45, 2.75) is 24.4 Å². The van der Waals surface area contributed by atoms with E-state index in [1.165, 1.54) is 0 Å². The SMILES string of the molecule is Nc1ccc(C(C(F)(F)F)C(F)(F)F)c(C(F)(F)F)c1O. The van der Waals surface area contributed by atoms with Crippen molar-refractivity contribution in [2.24, 2.45) is 0 Å². The molecule has 0 atom stereocenters. The van der Waals surface area contributed by atoms with Crippen LogP contribution in [0.15, 0.2) is 12.1 Å². The Morgan fingerprint density at radius 2 is 1.29 bits per heavy atom. The summed E-state index contributed by atoms with van der Waals surface area (Å²) in [5.41, 5.74) is -0.714. The molecule has 0 spiro atoms. The molecule has 1 aromatic rings. The second-order valence-electron chi connectivity index (χ2n) is 3.98. The van der Waals surface area contributed by atoms with E-state index in [0.29, 0.717) is 6.07 Å². The van der Waals surface area contributed by atoms with Crippen LogP contribution < -0.4 is 5.73 Å². The second-order valence-corrected chi connectivity index (χ2v) is 3.98. The molecule has 0 unspecified atom stereocenters. The van der Waals surface area contributed by atoms with Crippen LogP contribution in [0.1, 0.15) is 17.0 Å². The highest BCUT2D eigenvalue weighted by Crippen LogP contribution is 2.52. The van der Waals surface area contributed by atoms with Crippen molar-refractivity contribution < 1.29 is 44.6 Å². The lowest BCUT2D eigenvalue weighted by atomic mass is 9.91. The molecule has 0 aliphatic heterocycles. The van der Waals surface area contributed by atoms with Crippen LogP contribution in [0, 0.1) is 0 Å². The van der Waals surface area contributed by atoms with Gasteiger partial charge >= 0.3 is 18.5 Å². The average molecular weight is 327 g/mol. The molecule has 1 rings (SSSR count). The zero-order valence-corrected chi connectivity index (χ0v) is 9.66. The molecule has 0 amide bonds. The molecule has 2 nitrogen and oxygen atoms in total. The summed E-state index contributed by atoms with van der Waals surface area (Å²) in [6.45, 7) is 0. The Labute approximate surface area is 111 Å². The van der Waals surface area contributed by atoms with Gasteiger partial charge in [-0.3, -0.25) is 0 Å². The normalized spacial score (nSPS) is 13.8. The first-order chi connectivity index (χ1) is 9.17. The maximum atomic E-state index is 12.7. The van der Waals surface area contributed by atoms with Crippen molar-refractivity contribution in [3.63, 3.8) is 0 Å². The molecular formula is C10H6F9NO. The zero-order valence-electron chi connectivity index (χ0n) is 9.66. The largest absolute Gasteiger partial charge is 0.505 e. The summed E-state index contributed by atoms with van der Waals surface area (Å²) in [6, 6.07) is 0.286. The van der Waals surface area contributed by atoms with E-state index in [1.54, 1.807) is 0 Å². The lowest BCUT2D eigenvalue weighted by molar-refractivity contribution is -0.254. The van der Waals surface area contributed by atoms with Crippen LogP contribution in [0.4, 0.5) is 45.2 Å². The lowest BCUT2D eigenvalue weighted by Gasteiger charge is -2.26. The Kier molecular flexibility index (Phi) is 4.01. The molecule has 0 heterocycles. The maximum absolute atomic E-state index is 12.7. The van der Waals surface area contributed by atoms with Crippen LogP contribution in [-0.4, -0.2) is 17.5 Å². The number of alkyl halides is 9. The van der Waals surface area contributed by atoms with Crippen LogP contribution >= 0.6 is 0 Å². The zero-order chi connectivity index (χ0) is 16.8. The van der Waals surface area contributed by atoms with E-state index in [4.69, 9.17) is 10.8 Å². The van der Waals surface area contributed by atoms with Gasteiger partial charge in [-0.1, -0.05) is 6.07 Å². The molecular weight excluding hydrogens is 321 g/mol. The van der Waals surface area contributed by atoms with Gasteiger partial charge in [0.15, 0.2) is 11.7 Å². The number of hydrogen-bond acceptors (Lipinski definition) is 2. The molecule has 0 saturated heterocycles. The van der Waals surface area contributed by atoms with Crippen LogP contribution in [0.3, 0.4) is 0 Å². The molecule has 1 aromatic carbocycles. The van der Waals surface area contributed by atoms with Crippen LogP contribution in [0.5, 0.6) is 5.75 Å². The number of rotatable bonds is 1. The summed E-state index contributed by atoms with van der Waals surface area (Å²) in [5, 5.41) is 9.11. The third-order valence-electron chi connectivity index (χ3n) is 2.49. The monoisotopic (exact) mass is 327 g/mol. The Hall–Kier alpha value is -1.81. The van der Waals surface area contributed by atoms with Crippen molar-refractivity contribution in [3.05, 3.63) is 23.3 Å². The molecule has 120 valence electrons. The number of hydrogen-bond donors (Lipinski definition) is 2. The molecule has 0 bridgehead atoms. The van der Waals surface area contributed by atoms with E-state index in [1.807, 2.05) is 0 Å². The minimum absolute atomic E-state index is 0.0521. The molecule has 0 saturated carbocycles. The highest BCUT2D eigenvalue weighted by molar-refractivity contribution is 5.60. The number of phenolic OH excluding ortho intramolecular Hbond substituents is 1. The number of phenols is 1. The van der Waals surface area contributed by atoms with E-state index in [-0.39, 0.29) is 6.07 Å². The number of anilines is 1. The van der Waals surface area contributed by atoms with E-state index in [9.17, 15) is 39.5 Å². The van der Waals surface area contributed by atoms with Gasteiger partial charge in [0.2, 0.25) is 0 Å². The number of nitrogen functional groups attached to an aromatic ring is 1. The van der Waals surface area contributed by atoms with E-state index >= 15 is 0 Å². The van der Waals surface area contributed by atoms with Crippen molar-refractivity contribution in [1.29, 1.82) is 0 Å².